The lowest BCUT2D eigenvalue weighted by atomic mass is 10.0. The van der Waals surface area contributed by atoms with Crippen LogP contribution in [0.4, 0.5) is 11.5 Å². The van der Waals surface area contributed by atoms with Gasteiger partial charge in [0.15, 0.2) is 5.82 Å². The molecule has 0 bridgehead atoms. The van der Waals surface area contributed by atoms with Gasteiger partial charge in [-0.3, -0.25) is 4.90 Å². The molecule has 0 amide bonds. The summed E-state index contributed by atoms with van der Waals surface area (Å²) < 4.78 is 0. The molecule has 6 nitrogen and oxygen atoms in total. The number of aromatic nitrogens is 1. The first-order chi connectivity index (χ1) is 9.29. The first kappa shape index (κ1) is 14.6. The Morgan fingerprint density at radius 1 is 1.30 bits per heavy atom. The first-order valence-corrected chi connectivity index (χ1v) is 6.78. The highest BCUT2D eigenvalue weighted by atomic mass is 16.4. The van der Waals surface area contributed by atoms with E-state index in [2.05, 4.69) is 35.6 Å². The second-order valence-corrected chi connectivity index (χ2v) is 6.09. The van der Waals surface area contributed by atoms with E-state index in [4.69, 9.17) is 10.8 Å². The molecule has 1 aromatic heterocycles. The SMILES string of the molecule is CC(C)(C)N1CCN(c2ncc(C(=O)O)cc2N)CC1. The Labute approximate surface area is 119 Å². The predicted molar refractivity (Wildman–Crippen MR) is 79.1 cm³/mol. The second-order valence-electron chi connectivity index (χ2n) is 6.09. The van der Waals surface area contributed by atoms with Gasteiger partial charge < -0.3 is 15.7 Å². The fraction of sp³-hybridized carbons (Fsp3) is 0.571. The van der Waals surface area contributed by atoms with Crippen LogP contribution in [0.3, 0.4) is 0 Å². The zero-order valence-corrected chi connectivity index (χ0v) is 12.3. The molecule has 6 heteroatoms. The summed E-state index contributed by atoms with van der Waals surface area (Å²) in [6.07, 6.45) is 1.37. The van der Waals surface area contributed by atoms with Gasteiger partial charge in [0.05, 0.1) is 11.3 Å². The van der Waals surface area contributed by atoms with Crippen LogP contribution in [0.25, 0.3) is 0 Å². The Hall–Kier alpha value is -1.82. The predicted octanol–water partition coefficient (Wildman–Crippen LogP) is 1.28. The fourth-order valence-electron chi connectivity index (χ4n) is 2.44. The number of anilines is 2. The van der Waals surface area contributed by atoms with Crippen molar-refractivity contribution in [2.24, 2.45) is 0 Å². The van der Waals surface area contributed by atoms with E-state index in [9.17, 15) is 4.79 Å². The molecule has 0 saturated carbocycles. The minimum atomic E-state index is -1.01. The maximum absolute atomic E-state index is 10.9. The topological polar surface area (TPSA) is 82.7 Å². The smallest absolute Gasteiger partial charge is 0.337 e. The molecule has 1 aliphatic rings. The van der Waals surface area contributed by atoms with Crippen LogP contribution in [0.15, 0.2) is 12.3 Å². The van der Waals surface area contributed by atoms with E-state index in [0.717, 1.165) is 26.2 Å². The van der Waals surface area contributed by atoms with Gasteiger partial charge in [0.1, 0.15) is 0 Å². The molecule has 1 saturated heterocycles. The van der Waals surface area contributed by atoms with Crippen molar-refractivity contribution in [3.63, 3.8) is 0 Å². The van der Waals surface area contributed by atoms with Crippen molar-refractivity contribution in [3.8, 4) is 0 Å². The molecule has 0 spiro atoms. The average molecular weight is 278 g/mol. The maximum atomic E-state index is 10.9. The Balaban J connectivity index is 2.09. The lowest BCUT2D eigenvalue weighted by Gasteiger charge is -2.42. The molecular weight excluding hydrogens is 256 g/mol. The van der Waals surface area contributed by atoms with E-state index in [1.165, 1.54) is 12.3 Å². The van der Waals surface area contributed by atoms with Gasteiger partial charge in [0.2, 0.25) is 0 Å². The van der Waals surface area contributed by atoms with Crippen LogP contribution in [0.2, 0.25) is 0 Å². The second kappa shape index (κ2) is 5.28. The van der Waals surface area contributed by atoms with Crippen LogP contribution in [-0.4, -0.2) is 52.7 Å². The van der Waals surface area contributed by atoms with Crippen molar-refractivity contribution in [1.82, 2.24) is 9.88 Å². The van der Waals surface area contributed by atoms with E-state index in [1.54, 1.807) is 0 Å². The number of nitrogen functional groups attached to an aromatic ring is 1. The van der Waals surface area contributed by atoms with Crippen LogP contribution in [0.5, 0.6) is 0 Å². The molecule has 1 aliphatic heterocycles. The molecule has 1 aromatic rings. The summed E-state index contributed by atoms with van der Waals surface area (Å²) in [5.74, 6) is -0.322. The monoisotopic (exact) mass is 278 g/mol. The maximum Gasteiger partial charge on any atom is 0.337 e. The highest BCUT2D eigenvalue weighted by molar-refractivity contribution is 5.89. The molecule has 0 atom stereocenters. The van der Waals surface area contributed by atoms with Gasteiger partial charge >= 0.3 is 5.97 Å². The highest BCUT2D eigenvalue weighted by Gasteiger charge is 2.27. The average Bonchev–Trinajstić information content (AvgIpc) is 2.37. The number of carbonyl (C=O) groups is 1. The summed E-state index contributed by atoms with van der Waals surface area (Å²) in [6.45, 7) is 10.2. The molecule has 1 fully saturated rings. The number of carboxylic acid groups (broad SMARTS) is 1. The molecule has 3 N–H and O–H groups in total. The summed E-state index contributed by atoms with van der Waals surface area (Å²) >= 11 is 0. The Morgan fingerprint density at radius 2 is 1.90 bits per heavy atom. The molecular formula is C14H22N4O2. The summed E-state index contributed by atoms with van der Waals surface area (Å²) in [7, 11) is 0. The van der Waals surface area contributed by atoms with E-state index < -0.39 is 5.97 Å². The minimum Gasteiger partial charge on any atom is -0.478 e. The number of pyridine rings is 1. The number of carboxylic acids is 1. The number of nitrogens with two attached hydrogens (primary N) is 1. The number of hydrogen-bond acceptors (Lipinski definition) is 5. The fourth-order valence-corrected chi connectivity index (χ4v) is 2.44. The quantitative estimate of drug-likeness (QED) is 0.848. The lowest BCUT2D eigenvalue weighted by Crippen LogP contribution is -2.53. The highest BCUT2D eigenvalue weighted by Crippen LogP contribution is 2.24. The van der Waals surface area contributed by atoms with Crippen LogP contribution < -0.4 is 10.6 Å². The minimum absolute atomic E-state index is 0.125. The van der Waals surface area contributed by atoms with Crippen molar-refractivity contribution in [2.75, 3.05) is 36.8 Å². The molecule has 0 radical (unpaired) electrons. The Morgan fingerprint density at radius 3 is 2.35 bits per heavy atom. The number of aromatic carboxylic acids is 1. The Kier molecular flexibility index (Phi) is 3.85. The van der Waals surface area contributed by atoms with Gasteiger partial charge in [0, 0.05) is 37.9 Å². The summed E-state index contributed by atoms with van der Waals surface area (Å²) in [5.41, 5.74) is 6.64. The van der Waals surface area contributed by atoms with Crippen LogP contribution in [0.1, 0.15) is 31.1 Å². The van der Waals surface area contributed by atoms with Crippen molar-refractivity contribution in [3.05, 3.63) is 17.8 Å². The number of rotatable bonds is 2. The van der Waals surface area contributed by atoms with Gasteiger partial charge in [0.25, 0.3) is 0 Å². The van der Waals surface area contributed by atoms with Gasteiger partial charge in [-0.25, -0.2) is 9.78 Å². The zero-order valence-electron chi connectivity index (χ0n) is 12.3. The number of piperazine rings is 1. The lowest BCUT2D eigenvalue weighted by molar-refractivity contribution is 0.0696. The third-order valence-corrected chi connectivity index (χ3v) is 3.67. The van der Waals surface area contributed by atoms with Gasteiger partial charge in [-0.1, -0.05) is 0 Å². The van der Waals surface area contributed by atoms with Gasteiger partial charge in [-0.05, 0) is 26.8 Å². The number of nitrogens with zero attached hydrogens (tertiary/aromatic N) is 3. The van der Waals surface area contributed by atoms with Crippen molar-refractivity contribution >= 4 is 17.5 Å². The van der Waals surface area contributed by atoms with E-state index >= 15 is 0 Å². The third kappa shape index (κ3) is 3.01. The van der Waals surface area contributed by atoms with E-state index in [1.807, 2.05) is 0 Å². The molecule has 110 valence electrons. The summed E-state index contributed by atoms with van der Waals surface area (Å²) in [6, 6.07) is 1.47. The molecule has 2 heterocycles. The van der Waals surface area contributed by atoms with Crippen molar-refractivity contribution < 1.29 is 9.90 Å². The van der Waals surface area contributed by atoms with Crippen molar-refractivity contribution in [1.29, 1.82) is 0 Å². The number of hydrogen-bond donors (Lipinski definition) is 2. The normalized spacial score (nSPS) is 17.2. The molecule has 0 unspecified atom stereocenters. The van der Waals surface area contributed by atoms with Gasteiger partial charge in [-0.15, -0.1) is 0 Å². The summed E-state index contributed by atoms with van der Waals surface area (Å²) in [4.78, 5) is 19.6. The molecule has 0 aromatic carbocycles. The zero-order chi connectivity index (χ0) is 14.9. The van der Waals surface area contributed by atoms with E-state index in [0.29, 0.717) is 11.5 Å². The molecule has 0 aliphatic carbocycles. The van der Waals surface area contributed by atoms with Gasteiger partial charge in [-0.2, -0.15) is 0 Å². The molecule has 20 heavy (non-hydrogen) atoms. The van der Waals surface area contributed by atoms with Crippen molar-refractivity contribution in [2.45, 2.75) is 26.3 Å². The molecule has 2 rings (SSSR count). The van der Waals surface area contributed by atoms with Crippen LogP contribution >= 0.6 is 0 Å². The first-order valence-electron chi connectivity index (χ1n) is 6.78. The Bertz CT molecular complexity index is 502. The van der Waals surface area contributed by atoms with Crippen LogP contribution in [0, 0.1) is 0 Å². The van der Waals surface area contributed by atoms with E-state index in [-0.39, 0.29) is 11.1 Å². The largest absolute Gasteiger partial charge is 0.478 e. The standard InChI is InChI=1S/C14H22N4O2/c1-14(2,3)18-6-4-17(5-7-18)12-11(15)8-10(9-16-12)13(19)20/h8-9H,4-7,15H2,1-3H3,(H,19,20). The third-order valence-electron chi connectivity index (χ3n) is 3.67. The summed E-state index contributed by atoms with van der Waals surface area (Å²) in [5, 5.41) is 8.92. The van der Waals surface area contributed by atoms with Crippen LogP contribution in [-0.2, 0) is 0 Å².